The second-order valence-electron chi connectivity index (χ2n) is 3.09. The maximum absolute atomic E-state index is 8.19. The van der Waals surface area contributed by atoms with Gasteiger partial charge in [-0.1, -0.05) is 35.5 Å². The van der Waals surface area contributed by atoms with Crippen LogP contribution in [0.2, 0.25) is 0 Å². The first kappa shape index (κ1) is 11.2. The van der Waals surface area contributed by atoms with Crippen molar-refractivity contribution >= 4 is 11.9 Å². The second kappa shape index (κ2) is 6.59. The van der Waals surface area contributed by atoms with Crippen LogP contribution in [-0.2, 0) is 11.4 Å². The first-order valence-electron chi connectivity index (χ1n) is 4.68. The Labute approximate surface area is 88.9 Å². The van der Waals surface area contributed by atoms with Crippen molar-refractivity contribution in [3.63, 3.8) is 0 Å². The lowest BCUT2D eigenvalue weighted by Crippen LogP contribution is -1.95. The fourth-order valence-electron chi connectivity index (χ4n) is 1.00. The van der Waals surface area contributed by atoms with Crippen LogP contribution in [0, 0.1) is 0 Å². The fourth-order valence-corrected chi connectivity index (χ4v) is 1.00. The average Bonchev–Trinajstić information content (AvgIpc) is 2.28. The molecule has 80 valence electrons. The van der Waals surface area contributed by atoms with E-state index >= 15 is 0 Å². The molecule has 0 bridgehead atoms. The zero-order valence-electron chi connectivity index (χ0n) is 8.63. The molecule has 1 N–H and O–H groups in total. The Morgan fingerprint density at radius 2 is 2.13 bits per heavy atom. The van der Waals surface area contributed by atoms with Gasteiger partial charge in [-0.2, -0.15) is 0 Å². The molecular weight excluding hydrogens is 192 g/mol. The van der Waals surface area contributed by atoms with E-state index in [0.717, 1.165) is 11.3 Å². The van der Waals surface area contributed by atoms with Gasteiger partial charge < -0.3 is 10.0 Å². The quantitative estimate of drug-likeness (QED) is 0.457. The van der Waals surface area contributed by atoms with Crippen molar-refractivity contribution < 1.29 is 10.0 Å². The first-order chi connectivity index (χ1) is 7.33. The molecule has 1 rings (SSSR count). The summed E-state index contributed by atoms with van der Waals surface area (Å²) in [5, 5.41) is 14.9. The summed E-state index contributed by atoms with van der Waals surface area (Å²) in [4.78, 5) is 5.12. The highest BCUT2D eigenvalue weighted by molar-refractivity contribution is 5.93. The zero-order valence-corrected chi connectivity index (χ0v) is 8.63. The lowest BCUT2D eigenvalue weighted by molar-refractivity contribution is 0.130. The lowest BCUT2D eigenvalue weighted by atomic mass is 10.2. The number of hydrogen-bond acceptors (Lipinski definition) is 4. The smallest absolute Gasteiger partial charge is 0.142 e. The molecular formula is C11H14N2O2. The molecule has 0 saturated heterocycles. The van der Waals surface area contributed by atoms with Gasteiger partial charge in [-0.3, -0.25) is 0 Å². The molecule has 0 aliphatic heterocycles. The normalized spacial score (nSPS) is 11.9. The van der Waals surface area contributed by atoms with Gasteiger partial charge >= 0.3 is 0 Å². The number of nitrogens with zero attached hydrogens (tertiary/aromatic N) is 2. The minimum absolute atomic E-state index is 0.453. The Kier molecular flexibility index (Phi) is 4.94. The largest absolute Gasteiger partial charge is 0.411 e. The van der Waals surface area contributed by atoms with Crippen LogP contribution >= 0.6 is 0 Å². The standard InChI is InChI=1S/C11H14N2O2/c1-10(7-8-12-14)13-15-9-11-5-3-2-4-6-11/h2-6,8,14H,7,9H2,1H3/b12-8+,13-10+. The molecule has 0 aliphatic carbocycles. The Bertz CT molecular complexity index is 334. The third-order valence-corrected chi connectivity index (χ3v) is 1.76. The van der Waals surface area contributed by atoms with Crippen LogP contribution in [0.15, 0.2) is 40.6 Å². The zero-order chi connectivity index (χ0) is 10.9. The molecule has 4 nitrogen and oxygen atoms in total. The number of benzene rings is 1. The van der Waals surface area contributed by atoms with Gasteiger partial charge in [0.2, 0.25) is 0 Å². The predicted octanol–water partition coefficient (Wildman–Crippen LogP) is 2.43. The molecule has 0 aliphatic rings. The van der Waals surface area contributed by atoms with E-state index in [9.17, 15) is 0 Å². The van der Waals surface area contributed by atoms with Gasteiger partial charge in [0.05, 0.1) is 5.71 Å². The van der Waals surface area contributed by atoms with Gasteiger partial charge in [-0.05, 0) is 12.5 Å². The van der Waals surface area contributed by atoms with Crippen molar-refractivity contribution in [2.24, 2.45) is 10.3 Å². The van der Waals surface area contributed by atoms with E-state index in [1.165, 1.54) is 6.21 Å². The summed E-state index contributed by atoms with van der Waals surface area (Å²) >= 11 is 0. The molecule has 1 aromatic rings. The van der Waals surface area contributed by atoms with Crippen molar-refractivity contribution in [3.8, 4) is 0 Å². The predicted molar refractivity (Wildman–Crippen MR) is 59.2 cm³/mol. The fraction of sp³-hybridized carbons (Fsp3) is 0.273. The molecule has 0 saturated carbocycles. The molecule has 4 heteroatoms. The van der Waals surface area contributed by atoms with Crippen LogP contribution in [0.25, 0.3) is 0 Å². The molecule has 0 aromatic heterocycles. The highest BCUT2D eigenvalue weighted by atomic mass is 16.6. The molecule has 0 atom stereocenters. The molecule has 0 radical (unpaired) electrons. The van der Waals surface area contributed by atoms with E-state index in [2.05, 4.69) is 10.3 Å². The summed E-state index contributed by atoms with van der Waals surface area (Å²) in [5.41, 5.74) is 1.84. The number of rotatable bonds is 5. The average molecular weight is 206 g/mol. The van der Waals surface area contributed by atoms with E-state index < -0.39 is 0 Å². The molecule has 0 fully saturated rings. The highest BCUT2D eigenvalue weighted by Crippen LogP contribution is 2.00. The molecule has 0 heterocycles. The van der Waals surface area contributed by atoms with Gasteiger partial charge in [0.15, 0.2) is 0 Å². The monoisotopic (exact) mass is 206 g/mol. The Morgan fingerprint density at radius 3 is 2.80 bits per heavy atom. The van der Waals surface area contributed by atoms with Crippen LogP contribution in [0.3, 0.4) is 0 Å². The van der Waals surface area contributed by atoms with Gasteiger partial charge in [-0.15, -0.1) is 5.16 Å². The summed E-state index contributed by atoms with van der Waals surface area (Å²) < 4.78 is 0. The van der Waals surface area contributed by atoms with Crippen molar-refractivity contribution in [2.45, 2.75) is 20.0 Å². The maximum Gasteiger partial charge on any atom is 0.142 e. The minimum atomic E-state index is 0.453. The SMILES string of the molecule is C/C(C/C=N/O)=N\OCc1ccccc1. The first-order valence-corrected chi connectivity index (χ1v) is 4.68. The number of oxime groups is 2. The van der Waals surface area contributed by atoms with E-state index in [4.69, 9.17) is 10.0 Å². The van der Waals surface area contributed by atoms with Crippen molar-refractivity contribution in [1.82, 2.24) is 0 Å². The molecule has 15 heavy (non-hydrogen) atoms. The molecule has 0 amide bonds. The Balaban J connectivity index is 2.32. The highest BCUT2D eigenvalue weighted by Gasteiger charge is 1.92. The Morgan fingerprint density at radius 1 is 1.40 bits per heavy atom. The van der Waals surface area contributed by atoms with E-state index in [1.54, 1.807) is 0 Å². The van der Waals surface area contributed by atoms with Crippen molar-refractivity contribution in [1.29, 1.82) is 0 Å². The third-order valence-electron chi connectivity index (χ3n) is 1.76. The van der Waals surface area contributed by atoms with Gasteiger partial charge in [-0.25, -0.2) is 0 Å². The maximum atomic E-state index is 8.19. The van der Waals surface area contributed by atoms with E-state index in [1.807, 2.05) is 37.3 Å². The van der Waals surface area contributed by atoms with Crippen LogP contribution in [0.4, 0.5) is 0 Å². The second-order valence-corrected chi connectivity index (χ2v) is 3.09. The molecule has 0 spiro atoms. The summed E-state index contributed by atoms with van der Waals surface area (Å²) in [7, 11) is 0. The molecule has 1 aromatic carbocycles. The lowest BCUT2D eigenvalue weighted by Gasteiger charge is -2.00. The van der Waals surface area contributed by atoms with Gasteiger partial charge in [0.25, 0.3) is 0 Å². The summed E-state index contributed by atoms with van der Waals surface area (Å²) in [6.07, 6.45) is 1.86. The van der Waals surface area contributed by atoms with E-state index in [0.29, 0.717) is 13.0 Å². The summed E-state index contributed by atoms with van der Waals surface area (Å²) in [6, 6.07) is 9.80. The molecule has 0 unspecified atom stereocenters. The third kappa shape index (κ3) is 4.81. The van der Waals surface area contributed by atoms with Crippen molar-refractivity contribution in [2.75, 3.05) is 0 Å². The summed E-state index contributed by atoms with van der Waals surface area (Å²) in [6.45, 7) is 2.27. The van der Waals surface area contributed by atoms with Crippen LogP contribution in [-0.4, -0.2) is 17.1 Å². The number of hydrogen-bond donors (Lipinski definition) is 1. The van der Waals surface area contributed by atoms with Crippen LogP contribution in [0.1, 0.15) is 18.9 Å². The summed E-state index contributed by atoms with van der Waals surface area (Å²) in [5.74, 6) is 0. The van der Waals surface area contributed by atoms with Crippen molar-refractivity contribution in [3.05, 3.63) is 35.9 Å². The van der Waals surface area contributed by atoms with E-state index in [-0.39, 0.29) is 0 Å². The topological polar surface area (TPSA) is 54.2 Å². The van der Waals surface area contributed by atoms with Gasteiger partial charge in [0.1, 0.15) is 6.61 Å². The van der Waals surface area contributed by atoms with Gasteiger partial charge in [0, 0.05) is 12.6 Å². The van der Waals surface area contributed by atoms with Crippen LogP contribution < -0.4 is 0 Å². The van der Waals surface area contributed by atoms with Crippen LogP contribution in [0.5, 0.6) is 0 Å². The minimum Gasteiger partial charge on any atom is -0.411 e. The Hall–Kier alpha value is -1.84.